The van der Waals surface area contributed by atoms with Gasteiger partial charge in [0.2, 0.25) is 0 Å². The van der Waals surface area contributed by atoms with Gasteiger partial charge < -0.3 is 4.74 Å². The van der Waals surface area contributed by atoms with Crippen LogP contribution < -0.4 is 4.74 Å². The molecule has 0 spiro atoms. The summed E-state index contributed by atoms with van der Waals surface area (Å²) in [5, 5.41) is 11.0. The lowest BCUT2D eigenvalue weighted by Crippen LogP contribution is -2.01. The minimum Gasteiger partial charge on any atom is -0.494 e. The third-order valence-corrected chi connectivity index (χ3v) is 2.43. The van der Waals surface area contributed by atoms with Gasteiger partial charge in [0.25, 0.3) is 0 Å². The number of nitrogens with zero attached hydrogens (tertiary/aromatic N) is 4. The summed E-state index contributed by atoms with van der Waals surface area (Å²) in [6, 6.07) is 9.89. The first-order valence-corrected chi connectivity index (χ1v) is 5.84. The maximum atomic E-state index is 5.60. The van der Waals surface area contributed by atoms with Crippen molar-refractivity contribution in [2.45, 2.75) is 25.8 Å². The van der Waals surface area contributed by atoms with Gasteiger partial charge in [-0.05, 0) is 41.8 Å². The molecule has 1 aromatic carbocycles. The molecule has 17 heavy (non-hydrogen) atoms. The summed E-state index contributed by atoms with van der Waals surface area (Å²) in [5.74, 6) is 0.938. The Morgan fingerprint density at radius 3 is 2.71 bits per heavy atom. The van der Waals surface area contributed by atoms with Crippen LogP contribution in [0.4, 0.5) is 0 Å². The zero-order chi connectivity index (χ0) is 11.8. The fraction of sp³-hybridized carbons (Fsp3) is 0.417. The van der Waals surface area contributed by atoms with Crippen LogP contribution in [0.1, 0.15) is 19.3 Å². The maximum absolute atomic E-state index is 5.60. The summed E-state index contributed by atoms with van der Waals surface area (Å²) in [4.78, 5) is 0. The van der Waals surface area contributed by atoms with Crippen molar-refractivity contribution in [2.24, 2.45) is 0 Å². The van der Waals surface area contributed by atoms with Crippen LogP contribution in [0.2, 0.25) is 0 Å². The number of hydrogen-bond acceptors (Lipinski definition) is 4. The fourth-order valence-electron chi connectivity index (χ4n) is 1.54. The normalized spacial score (nSPS) is 10.4. The van der Waals surface area contributed by atoms with Crippen molar-refractivity contribution in [3.8, 4) is 5.75 Å². The van der Waals surface area contributed by atoms with Gasteiger partial charge in [0, 0.05) is 6.54 Å². The largest absolute Gasteiger partial charge is 0.494 e. The number of aromatic nitrogens is 4. The van der Waals surface area contributed by atoms with Crippen LogP contribution >= 0.6 is 0 Å². The monoisotopic (exact) mass is 232 g/mol. The number of aryl methyl sites for hydroxylation is 1. The van der Waals surface area contributed by atoms with E-state index in [4.69, 9.17) is 4.74 Å². The number of para-hydroxylation sites is 1. The van der Waals surface area contributed by atoms with Gasteiger partial charge in [-0.3, -0.25) is 0 Å². The molecule has 0 atom stereocenters. The smallest absolute Gasteiger partial charge is 0.138 e. The van der Waals surface area contributed by atoms with Crippen molar-refractivity contribution in [3.05, 3.63) is 36.7 Å². The fourth-order valence-corrected chi connectivity index (χ4v) is 1.54. The molecule has 0 aliphatic rings. The Kier molecular flexibility index (Phi) is 4.51. The van der Waals surface area contributed by atoms with Gasteiger partial charge in [-0.1, -0.05) is 18.2 Å². The second kappa shape index (κ2) is 6.62. The number of hydrogen-bond donors (Lipinski definition) is 0. The van der Waals surface area contributed by atoms with E-state index in [2.05, 4.69) is 15.5 Å². The molecule has 2 aromatic rings. The molecule has 0 radical (unpaired) electrons. The van der Waals surface area contributed by atoms with E-state index in [9.17, 15) is 0 Å². The Hall–Kier alpha value is -1.91. The van der Waals surface area contributed by atoms with Gasteiger partial charge in [-0.2, -0.15) is 0 Å². The second-order valence-corrected chi connectivity index (χ2v) is 3.80. The molecular formula is C12H16N4O. The number of unbranched alkanes of at least 4 members (excludes halogenated alkanes) is 2. The van der Waals surface area contributed by atoms with Crippen LogP contribution in [0.25, 0.3) is 0 Å². The average molecular weight is 232 g/mol. The van der Waals surface area contributed by atoms with Crippen LogP contribution in [0.15, 0.2) is 36.7 Å². The molecule has 0 saturated heterocycles. The molecular weight excluding hydrogens is 216 g/mol. The van der Waals surface area contributed by atoms with Crippen LogP contribution in [0.3, 0.4) is 0 Å². The molecule has 90 valence electrons. The molecule has 1 heterocycles. The van der Waals surface area contributed by atoms with E-state index < -0.39 is 0 Å². The Morgan fingerprint density at radius 1 is 1.06 bits per heavy atom. The standard InChI is InChI=1S/C12H16N4O/c1-3-7-12(8-4-1)17-10-6-2-5-9-16-11-13-14-15-16/h1,3-4,7-8,11H,2,5-6,9-10H2. The van der Waals surface area contributed by atoms with Crippen molar-refractivity contribution >= 4 is 0 Å². The second-order valence-electron chi connectivity index (χ2n) is 3.80. The zero-order valence-electron chi connectivity index (χ0n) is 9.70. The van der Waals surface area contributed by atoms with Crippen LogP contribution in [0, 0.1) is 0 Å². The minimum absolute atomic E-state index is 0.764. The molecule has 0 bridgehead atoms. The summed E-state index contributed by atoms with van der Waals surface area (Å²) in [5.41, 5.74) is 0. The summed E-state index contributed by atoms with van der Waals surface area (Å²) < 4.78 is 7.34. The number of rotatable bonds is 7. The van der Waals surface area contributed by atoms with Gasteiger partial charge in [0.05, 0.1) is 6.61 Å². The van der Waals surface area contributed by atoms with Crippen molar-refractivity contribution in [1.82, 2.24) is 20.2 Å². The molecule has 0 aliphatic carbocycles. The third kappa shape index (κ3) is 4.22. The zero-order valence-corrected chi connectivity index (χ0v) is 9.70. The molecule has 0 saturated carbocycles. The van der Waals surface area contributed by atoms with Gasteiger partial charge in [-0.25, -0.2) is 4.68 Å². The number of ether oxygens (including phenoxy) is 1. The lowest BCUT2D eigenvalue weighted by Gasteiger charge is -2.05. The van der Waals surface area contributed by atoms with E-state index in [-0.39, 0.29) is 0 Å². The highest BCUT2D eigenvalue weighted by molar-refractivity contribution is 5.20. The molecule has 0 unspecified atom stereocenters. The molecule has 5 nitrogen and oxygen atoms in total. The predicted octanol–water partition coefficient (Wildman–Crippen LogP) is 1.92. The highest BCUT2D eigenvalue weighted by Gasteiger charge is 1.94. The Labute approximate surface area is 100 Å². The van der Waals surface area contributed by atoms with E-state index in [1.807, 2.05) is 30.3 Å². The first-order valence-electron chi connectivity index (χ1n) is 5.84. The maximum Gasteiger partial charge on any atom is 0.138 e. The van der Waals surface area contributed by atoms with Gasteiger partial charge in [0.15, 0.2) is 0 Å². The van der Waals surface area contributed by atoms with E-state index in [1.54, 1.807) is 11.0 Å². The van der Waals surface area contributed by atoms with E-state index in [0.29, 0.717) is 0 Å². The van der Waals surface area contributed by atoms with E-state index >= 15 is 0 Å². The van der Waals surface area contributed by atoms with Crippen molar-refractivity contribution in [3.63, 3.8) is 0 Å². The molecule has 0 amide bonds. The first-order chi connectivity index (χ1) is 8.45. The highest BCUT2D eigenvalue weighted by atomic mass is 16.5. The Balaban J connectivity index is 1.52. The van der Waals surface area contributed by atoms with Crippen LogP contribution in [-0.4, -0.2) is 26.8 Å². The molecule has 1 aromatic heterocycles. The SMILES string of the molecule is c1ccc(OCCCCCn2cnnn2)cc1. The molecule has 0 fully saturated rings. The topological polar surface area (TPSA) is 52.8 Å². The molecule has 0 aliphatic heterocycles. The molecule has 2 rings (SSSR count). The summed E-state index contributed by atoms with van der Waals surface area (Å²) in [6.45, 7) is 1.64. The van der Waals surface area contributed by atoms with E-state index in [0.717, 1.165) is 38.2 Å². The quantitative estimate of drug-likeness (QED) is 0.684. The lowest BCUT2D eigenvalue weighted by molar-refractivity contribution is 0.303. The van der Waals surface area contributed by atoms with Crippen molar-refractivity contribution in [1.29, 1.82) is 0 Å². The van der Waals surface area contributed by atoms with Gasteiger partial charge in [-0.15, -0.1) is 5.10 Å². The van der Waals surface area contributed by atoms with Gasteiger partial charge in [0.1, 0.15) is 12.1 Å². The summed E-state index contributed by atoms with van der Waals surface area (Å²) in [7, 11) is 0. The van der Waals surface area contributed by atoms with Gasteiger partial charge >= 0.3 is 0 Å². The van der Waals surface area contributed by atoms with Crippen molar-refractivity contribution in [2.75, 3.05) is 6.61 Å². The lowest BCUT2D eigenvalue weighted by atomic mass is 10.2. The van der Waals surface area contributed by atoms with Crippen LogP contribution in [-0.2, 0) is 6.54 Å². The Bertz CT molecular complexity index is 402. The third-order valence-electron chi connectivity index (χ3n) is 2.43. The van der Waals surface area contributed by atoms with Crippen LogP contribution in [0.5, 0.6) is 5.75 Å². The number of tetrazole rings is 1. The number of benzene rings is 1. The minimum atomic E-state index is 0.764. The summed E-state index contributed by atoms with van der Waals surface area (Å²) >= 11 is 0. The van der Waals surface area contributed by atoms with Crippen molar-refractivity contribution < 1.29 is 4.74 Å². The van der Waals surface area contributed by atoms with E-state index in [1.165, 1.54) is 0 Å². The Morgan fingerprint density at radius 2 is 1.94 bits per heavy atom. The molecule has 0 N–H and O–H groups in total. The highest BCUT2D eigenvalue weighted by Crippen LogP contribution is 2.09. The summed E-state index contributed by atoms with van der Waals surface area (Å²) in [6.07, 6.45) is 4.88. The molecule has 5 heteroatoms. The first kappa shape index (κ1) is 11.6. The average Bonchev–Trinajstić information content (AvgIpc) is 2.88. The predicted molar refractivity (Wildman–Crippen MR) is 63.6 cm³/mol.